The Kier molecular flexibility index (Phi) is 3.21. The van der Waals surface area contributed by atoms with Gasteiger partial charge in [-0.25, -0.2) is 4.98 Å². The zero-order valence-corrected chi connectivity index (χ0v) is 9.74. The van der Waals surface area contributed by atoms with E-state index in [2.05, 4.69) is 9.88 Å². The van der Waals surface area contributed by atoms with E-state index in [1.807, 2.05) is 7.05 Å². The molecule has 0 unspecified atom stereocenters. The first-order chi connectivity index (χ1) is 7.47. The summed E-state index contributed by atoms with van der Waals surface area (Å²) in [4.78, 5) is 5.89. The molecule has 2 nitrogen and oxygen atoms in total. The second kappa shape index (κ2) is 4.33. The molecule has 0 atom stereocenters. The smallest absolute Gasteiger partial charge is 0.306 e. The Labute approximate surface area is 96.1 Å². The van der Waals surface area contributed by atoms with Gasteiger partial charge in [0, 0.05) is 11.3 Å². The maximum absolute atomic E-state index is 12.4. The number of thiazole rings is 1. The van der Waals surface area contributed by atoms with Crippen LogP contribution in [0.1, 0.15) is 29.5 Å². The van der Waals surface area contributed by atoms with Gasteiger partial charge in [-0.15, -0.1) is 11.3 Å². The molecule has 0 aromatic carbocycles. The molecule has 0 saturated carbocycles. The van der Waals surface area contributed by atoms with Crippen LogP contribution in [0.2, 0.25) is 0 Å². The lowest BCUT2D eigenvalue weighted by Gasteiger charge is -2.27. The summed E-state index contributed by atoms with van der Waals surface area (Å²) in [6.07, 6.45) is -2.50. The molecular formula is C10H13F3N2S. The predicted molar refractivity (Wildman–Crippen MR) is 56.6 cm³/mol. The second-order valence-electron chi connectivity index (χ2n) is 4.15. The van der Waals surface area contributed by atoms with Crippen molar-refractivity contribution in [2.24, 2.45) is 0 Å². The topological polar surface area (TPSA) is 16.1 Å². The number of alkyl halides is 3. The van der Waals surface area contributed by atoms with Crippen LogP contribution in [0.3, 0.4) is 0 Å². The first-order valence-electron chi connectivity index (χ1n) is 5.18. The van der Waals surface area contributed by atoms with Crippen molar-refractivity contribution in [3.8, 4) is 0 Å². The zero-order valence-electron chi connectivity index (χ0n) is 8.92. The van der Waals surface area contributed by atoms with Crippen LogP contribution in [0.25, 0.3) is 0 Å². The summed E-state index contributed by atoms with van der Waals surface area (Å²) >= 11 is 1.13. The number of likely N-dealkylation sites (tertiary alicyclic amines) is 1. The van der Waals surface area contributed by atoms with Crippen molar-refractivity contribution in [1.82, 2.24) is 9.88 Å². The van der Waals surface area contributed by atoms with Crippen LogP contribution in [-0.2, 0) is 6.18 Å². The average molecular weight is 250 g/mol. The van der Waals surface area contributed by atoms with Crippen molar-refractivity contribution in [2.45, 2.75) is 24.9 Å². The Hall–Kier alpha value is -0.620. The molecule has 2 rings (SSSR count). The van der Waals surface area contributed by atoms with Crippen molar-refractivity contribution < 1.29 is 13.2 Å². The van der Waals surface area contributed by atoms with Crippen LogP contribution >= 0.6 is 11.3 Å². The fourth-order valence-corrected chi connectivity index (χ4v) is 2.86. The minimum absolute atomic E-state index is 0.206. The number of piperidine rings is 1. The van der Waals surface area contributed by atoms with Gasteiger partial charge in [-0.1, -0.05) is 0 Å². The largest absolute Gasteiger partial charge is 0.434 e. The molecule has 1 aliphatic heterocycles. The van der Waals surface area contributed by atoms with Crippen molar-refractivity contribution in [3.63, 3.8) is 0 Å². The molecular weight excluding hydrogens is 237 g/mol. The van der Waals surface area contributed by atoms with Crippen LogP contribution in [0.5, 0.6) is 0 Å². The molecule has 2 heterocycles. The lowest BCUT2D eigenvalue weighted by molar-refractivity contribution is -0.140. The van der Waals surface area contributed by atoms with E-state index in [0.717, 1.165) is 42.6 Å². The van der Waals surface area contributed by atoms with Crippen LogP contribution in [0, 0.1) is 0 Å². The lowest BCUT2D eigenvalue weighted by Crippen LogP contribution is -2.29. The third kappa shape index (κ3) is 2.55. The van der Waals surface area contributed by atoms with Crippen LogP contribution in [0.15, 0.2) is 5.38 Å². The number of hydrogen-bond acceptors (Lipinski definition) is 3. The van der Waals surface area contributed by atoms with E-state index in [0.29, 0.717) is 5.01 Å². The van der Waals surface area contributed by atoms with Gasteiger partial charge in [-0.3, -0.25) is 0 Å². The van der Waals surface area contributed by atoms with Gasteiger partial charge in [0.05, 0.1) is 5.01 Å². The Balaban J connectivity index is 2.08. The summed E-state index contributed by atoms with van der Waals surface area (Å²) in [7, 11) is 2.03. The number of rotatable bonds is 1. The molecule has 1 saturated heterocycles. The summed E-state index contributed by atoms with van der Waals surface area (Å²) in [5.74, 6) is 0.206. The van der Waals surface area contributed by atoms with Crippen LogP contribution in [-0.4, -0.2) is 30.0 Å². The SMILES string of the molecule is CN1CCC(c2nc(C(F)(F)F)cs2)CC1. The fraction of sp³-hybridized carbons (Fsp3) is 0.700. The highest BCUT2D eigenvalue weighted by Gasteiger charge is 2.34. The summed E-state index contributed by atoms with van der Waals surface area (Å²) in [6, 6.07) is 0. The minimum Gasteiger partial charge on any atom is -0.306 e. The van der Waals surface area contributed by atoms with E-state index in [4.69, 9.17) is 0 Å². The molecule has 0 amide bonds. The predicted octanol–water partition coefficient (Wildman–Crippen LogP) is 2.97. The lowest BCUT2D eigenvalue weighted by atomic mass is 9.98. The van der Waals surface area contributed by atoms with Gasteiger partial charge in [-0.05, 0) is 33.0 Å². The molecule has 0 bridgehead atoms. The second-order valence-corrected chi connectivity index (χ2v) is 5.04. The van der Waals surface area contributed by atoms with E-state index in [-0.39, 0.29) is 5.92 Å². The molecule has 0 spiro atoms. The van der Waals surface area contributed by atoms with Crippen molar-refractivity contribution in [3.05, 3.63) is 16.1 Å². The quantitative estimate of drug-likeness (QED) is 0.761. The molecule has 6 heteroatoms. The maximum Gasteiger partial charge on any atom is 0.434 e. The van der Waals surface area contributed by atoms with Crippen LogP contribution in [0.4, 0.5) is 13.2 Å². The van der Waals surface area contributed by atoms with E-state index < -0.39 is 11.9 Å². The van der Waals surface area contributed by atoms with E-state index in [1.54, 1.807) is 0 Å². The van der Waals surface area contributed by atoms with Gasteiger partial charge >= 0.3 is 6.18 Å². The van der Waals surface area contributed by atoms with Crippen molar-refractivity contribution in [2.75, 3.05) is 20.1 Å². The standard InChI is InChI=1S/C10H13F3N2S/c1-15-4-2-7(3-5-15)9-14-8(6-16-9)10(11,12)13/h6-7H,2-5H2,1H3. The highest BCUT2D eigenvalue weighted by atomic mass is 32.1. The van der Waals surface area contributed by atoms with Gasteiger partial charge in [0.25, 0.3) is 0 Å². The van der Waals surface area contributed by atoms with Gasteiger partial charge in [-0.2, -0.15) is 13.2 Å². The molecule has 90 valence electrons. The minimum atomic E-state index is -4.31. The third-order valence-electron chi connectivity index (χ3n) is 2.88. The third-order valence-corrected chi connectivity index (χ3v) is 3.89. The summed E-state index contributed by atoms with van der Waals surface area (Å²) < 4.78 is 37.1. The molecule has 0 radical (unpaired) electrons. The average Bonchev–Trinajstić information content (AvgIpc) is 2.67. The normalized spacial score (nSPS) is 20.2. The molecule has 1 aliphatic rings. The van der Waals surface area contributed by atoms with Gasteiger partial charge in [0.15, 0.2) is 5.69 Å². The highest BCUT2D eigenvalue weighted by Crippen LogP contribution is 2.35. The van der Waals surface area contributed by atoms with Crippen molar-refractivity contribution >= 4 is 11.3 Å². The highest BCUT2D eigenvalue weighted by molar-refractivity contribution is 7.09. The number of halogens is 3. The van der Waals surface area contributed by atoms with Gasteiger partial charge in [0.1, 0.15) is 0 Å². The van der Waals surface area contributed by atoms with Crippen molar-refractivity contribution in [1.29, 1.82) is 0 Å². The number of nitrogens with zero attached hydrogens (tertiary/aromatic N) is 2. The first kappa shape index (κ1) is 11.9. The van der Waals surface area contributed by atoms with E-state index >= 15 is 0 Å². The maximum atomic E-state index is 12.4. The van der Waals surface area contributed by atoms with Crippen LogP contribution < -0.4 is 0 Å². The number of aromatic nitrogens is 1. The Morgan fingerprint density at radius 1 is 1.38 bits per heavy atom. The number of hydrogen-bond donors (Lipinski definition) is 0. The summed E-state index contributed by atoms with van der Waals surface area (Å²) in [5.41, 5.74) is -0.744. The monoisotopic (exact) mass is 250 g/mol. The molecule has 1 aromatic heterocycles. The molecule has 1 fully saturated rings. The molecule has 0 N–H and O–H groups in total. The fourth-order valence-electron chi connectivity index (χ4n) is 1.86. The van der Waals surface area contributed by atoms with Gasteiger partial charge in [0.2, 0.25) is 0 Å². The molecule has 1 aromatic rings. The van der Waals surface area contributed by atoms with E-state index in [1.165, 1.54) is 0 Å². The molecule has 0 aliphatic carbocycles. The summed E-state index contributed by atoms with van der Waals surface area (Å²) in [6.45, 7) is 1.87. The zero-order chi connectivity index (χ0) is 11.8. The Morgan fingerprint density at radius 2 is 2.00 bits per heavy atom. The van der Waals surface area contributed by atoms with E-state index in [9.17, 15) is 13.2 Å². The summed E-state index contributed by atoms with van der Waals surface area (Å²) in [5, 5.41) is 1.76. The Bertz CT molecular complexity index is 353. The van der Waals surface area contributed by atoms with Gasteiger partial charge < -0.3 is 4.90 Å². The first-order valence-corrected chi connectivity index (χ1v) is 6.06. The molecule has 16 heavy (non-hydrogen) atoms. The Morgan fingerprint density at radius 3 is 2.50 bits per heavy atom.